The maximum atomic E-state index is 4.30. The first-order valence-electron chi connectivity index (χ1n) is 4.43. The van der Waals surface area contributed by atoms with Crippen molar-refractivity contribution in [1.82, 2.24) is 9.97 Å². The zero-order valence-electron chi connectivity index (χ0n) is 8.26. The third kappa shape index (κ3) is 3.35. The summed E-state index contributed by atoms with van der Waals surface area (Å²) >= 11 is 3.34. The number of hydrogen-bond acceptors (Lipinski definition) is 3. The maximum absolute atomic E-state index is 4.30. The fourth-order valence-electron chi connectivity index (χ4n) is 0.937. The van der Waals surface area contributed by atoms with E-state index in [2.05, 4.69) is 43.1 Å². The Hall–Kier alpha value is -1.08. The highest BCUT2D eigenvalue weighted by Crippen LogP contribution is 2.12. The van der Waals surface area contributed by atoms with Gasteiger partial charge in [0.15, 0.2) is 0 Å². The van der Waals surface area contributed by atoms with E-state index in [1.54, 1.807) is 0 Å². The van der Waals surface area contributed by atoms with E-state index in [0.29, 0.717) is 6.54 Å². The second kappa shape index (κ2) is 5.61. The SMILES string of the molecule is CC#CCNc1cc(Br)nc(CC)n1. The first-order valence-corrected chi connectivity index (χ1v) is 5.22. The van der Waals surface area contributed by atoms with Gasteiger partial charge in [-0.15, -0.1) is 5.92 Å². The molecule has 0 bridgehead atoms. The van der Waals surface area contributed by atoms with E-state index >= 15 is 0 Å². The van der Waals surface area contributed by atoms with E-state index < -0.39 is 0 Å². The van der Waals surface area contributed by atoms with Crippen molar-refractivity contribution in [3.8, 4) is 11.8 Å². The van der Waals surface area contributed by atoms with Gasteiger partial charge in [0.1, 0.15) is 16.2 Å². The summed E-state index contributed by atoms with van der Waals surface area (Å²) in [6.45, 7) is 4.45. The van der Waals surface area contributed by atoms with E-state index in [9.17, 15) is 0 Å². The van der Waals surface area contributed by atoms with Crippen LogP contribution in [0.3, 0.4) is 0 Å². The van der Waals surface area contributed by atoms with Crippen LogP contribution in [0.25, 0.3) is 0 Å². The third-order valence-electron chi connectivity index (χ3n) is 1.59. The van der Waals surface area contributed by atoms with Gasteiger partial charge >= 0.3 is 0 Å². The lowest BCUT2D eigenvalue weighted by atomic mass is 10.4. The normalized spacial score (nSPS) is 9.07. The number of aromatic nitrogens is 2. The quantitative estimate of drug-likeness (QED) is 0.664. The smallest absolute Gasteiger partial charge is 0.131 e. The molecule has 0 saturated carbocycles. The molecule has 1 rings (SSSR count). The van der Waals surface area contributed by atoms with Crippen molar-refractivity contribution in [2.24, 2.45) is 0 Å². The van der Waals surface area contributed by atoms with E-state index in [0.717, 1.165) is 22.7 Å². The summed E-state index contributed by atoms with van der Waals surface area (Å²) in [4.78, 5) is 8.51. The number of halogens is 1. The van der Waals surface area contributed by atoms with Gasteiger partial charge < -0.3 is 5.32 Å². The molecule has 0 radical (unpaired) electrons. The Kier molecular flexibility index (Phi) is 4.41. The fourth-order valence-corrected chi connectivity index (χ4v) is 1.36. The lowest BCUT2D eigenvalue weighted by molar-refractivity contribution is 0.928. The minimum Gasteiger partial charge on any atom is -0.359 e. The van der Waals surface area contributed by atoms with Crippen LogP contribution in [0.15, 0.2) is 10.7 Å². The summed E-state index contributed by atoms with van der Waals surface area (Å²) < 4.78 is 0.802. The van der Waals surface area contributed by atoms with Crippen LogP contribution in [0.5, 0.6) is 0 Å². The molecule has 0 aliphatic carbocycles. The van der Waals surface area contributed by atoms with E-state index in [4.69, 9.17) is 0 Å². The molecule has 3 nitrogen and oxygen atoms in total. The topological polar surface area (TPSA) is 37.8 Å². The molecule has 0 aliphatic heterocycles. The van der Waals surface area contributed by atoms with Gasteiger partial charge in [0.2, 0.25) is 0 Å². The van der Waals surface area contributed by atoms with Crippen LogP contribution in [0.2, 0.25) is 0 Å². The van der Waals surface area contributed by atoms with Crippen LogP contribution < -0.4 is 5.32 Å². The Morgan fingerprint density at radius 1 is 1.50 bits per heavy atom. The molecular formula is C10H12BrN3. The van der Waals surface area contributed by atoms with Crippen LogP contribution in [0, 0.1) is 11.8 Å². The molecular weight excluding hydrogens is 242 g/mol. The monoisotopic (exact) mass is 253 g/mol. The predicted octanol–water partition coefficient (Wildman–Crippen LogP) is 2.24. The maximum Gasteiger partial charge on any atom is 0.131 e. The number of nitrogens with one attached hydrogen (secondary N) is 1. The van der Waals surface area contributed by atoms with Gasteiger partial charge in [-0.1, -0.05) is 12.8 Å². The Bertz CT molecular complexity index is 365. The molecule has 0 aliphatic rings. The van der Waals surface area contributed by atoms with Gasteiger partial charge in [0.25, 0.3) is 0 Å². The van der Waals surface area contributed by atoms with Gasteiger partial charge in [0.05, 0.1) is 6.54 Å². The molecule has 1 N–H and O–H groups in total. The second-order valence-corrected chi connectivity index (χ2v) is 3.44. The predicted molar refractivity (Wildman–Crippen MR) is 61.0 cm³/mol. The number of aryl methyl sites for hydroxylation is 1. The molecule has 0 atom stereocenters. The van der Waals surface area contributed by atoms with Crippen molar-refractivity contribution in [2.45, 2.75) is 20.3 Å². The molecule has 0 saturated heterocycles. The van der Waals surface area contributed by atoms with Crippen LogP contribution >= 0.6 is 15.9 Å². The molecule has 0 unspecified atom stereocenters. The van der Waals surface area contributed by atoms with Crippen molar-refractivity contribution < 1.29 is 0 Å². The second-order valence-electron chi connectivity index (χ2n) is 2.63. The highest BCUT2D eigenvalue weighted by Gasteiger charge is 1.99. The van der Waals surface area contributed by atoms with Crippen LogP contribution in [-0.2, 0) is 6.42 Å². The average Bonchev–Trinajstić information content (AvgIpc) is 2.17. The van der Waals surface area contributed by atoms with E-state index in [1.165, 1.54) is 0 Å². The van der Waals surface area contributed by atoms with Gasteiger partial charge in [-0.05, 0) is 22.9 Å². The summed E-state index contributed by atoms with van der Waals surface area (Å²) in [7, 11) is 0. The van der Waals surface area contributed by atoms with E-state index in [-0.39, 0.29) is 0 Å². The zero-order valence-corrected chi connectivity index (χ0v) is 9.85. The highest BCUT2D eigenvalue weighted by molar-refractivity contribution is 9.10. The summed E-state index contributed by atoms with van der Waals surface area (Å²) in [5, 5.41) is 3.11. The van der Waals surface area contributed by atoms with Gasteiger partial charge in [-0.25, -0.2) is 9.97 Å². The van der Waals surface area contributed by atoms with Gasteiger partial charge in [-0.2, -0.15) is 0 Å². The standard InChI is InChI=1S/C10H12BrN3/c1-3-5-6-12-10-7-8(11)13-9(4-2)14-10/h7H,4,6H2,1-2H3,(H,12,13,14). The first kappa shape index (κ1) is 11.0. The lowest BCUT2D eigenvalue weighted by Gasteiger charge is -2.03. The minimum atomic E-state index is 0.614. The van der Waals surface area contributed by atoms with E-state index in [1.807, 2.05) is 19.9 Å². The molecule has 0 spiro atoms. The number of anilines is 1. The third-order valence-corrected chi connectivity index (χ3v) is 2.00. The number of hydrogen-bond donors (Lipinski definition) is 1. The molecule has 1 aromatic heterocycles. The molecule has 4 heteroatoms. The van der Waals surface area contributed by atoms with Crippen molar-refractivity contribution in [2.75, 3.05) is 11.9 Å². The molecule has 0 aromatic carbocycles. The molecule has 1 heterocycles. The largest absolute Gasteiger partial charge is 0.359 e. The van der Waals surface area contributed by atoms with Gasteiger partial charge in [-0.3, -0.25) is 0 Å². The molecule has 14 heavy (non-hydrogen) atoms. The van der Waals surface area contributed by atoms with Crippen LogP contribution in [-0.4, -0.2) is 16.5 Å². The van der Waals surface area contributed by atoms with Gasteiger partial charge in [0, 0.05) is 12.5 Å². The summed E-state index contributed by atoms with van der Waals surface area (Å²) in [6, 6.07) is 1.84. The molecule has 1 aromatic rings. The Morgan fingerprint density at radius 3 is 2.93 bits per heavy atom. The molecule has 0 fully saturated rings. The first-order chi connectivity index (χ1) is 6.76. The van der Waals surface area contributed by atoms with Crippen molar-refractivity contribution in [1.29, 1.82) is 0 Å². The summed E-state index contributed by atoms with van der Waals surface area (Å²) in [5.74, 6) is 7.37. The van der Waals surface area contributed by atoms with Crippen molar-refractivity contribution in [3.05, 3.63) is 16.5 Å². The molecule has 74 valence electrons. The van der Waals surface area contributed by atoms with Crippen molar-refractivity contribution >= 4 is 21.7 Å². The van der Waals surface area contributed by atoms with Crippen LogP contribution in [0.1, 0.15) is 19.7 Å². The lowest BCUT2D eigenvalue weighted by Crippen LogP contribution is -2.04. The molecule has 0 amide bonds. The van der Waals surface area contributed by atoms with Crippen molar-refractivity contribution in [3.63, 3.8) is 0 Å². The Labute approximate surface area is 92.5 Å². The summed E-state index contributed by atoms with van der Waals surface area (Å²) in [6.07, 6.45) is 0.827. The highest BCUT2D eigenvalue weighted by atomic mass is 79.9. The average molecular weight is 254 g/mol. The summed E-state index contributed by atoms with van der Waals surface area (Å²) in [5.41, 5.74) is 0. The Balaban J connectivity index is 2.74. The Morgan fingerprint density at radius 2 is 2.29 bits per heavy atom. The zero-order chi connectivity index (χ0) is 10.4. The number of rotatable bonds is 3. The van der Waals surface area contributed by atoms with Crippen LogP contribution in [0.4, 0.5) is 5.82 Å². The minimum absolute atomic E-state index is 0.614. The number of nitrogens with zero attached hydrogens (tertiary/aromatic N) is 2. The fraction of sp³-hybridized carbons (Fsp3) is 0.400.